The molecule has 2 rings (SSSR count). The lowest BCUT2D eigenvalue weighted by atomic mass is 10.0. The molecule has 6 nitrogen and oxygen atoms in total. The number of amides is 2. The van der Waals surface area contributed by atoms with Gasteiger partial charge in [0.1, 0.15) is 5.82 Å². The molecule has 1 heterocycles. The van der Waals surface area contributed by atoms with Gasteiger partial charge in [-0.05, 0) is 43.9 Å². The van der Waals surface area contributed by atoms with E-state index in [1.54, 1.807) is 43.1 Å². The summed E-state index contributed by atoms with van der Waals surface area (Å²) < 4.78 is 15.4. The Labute approximate surface area is 135 Å². The maximum Gasteiger partial charge on any atom is 0.315 e. The predicted octanol–water partition coefficient (Wildman–Crippen LogP) is 2.48. The van der Waals surface area contributed by atoms with E-state index >= 15 is 0 Å². The van der Waals surface area contributed by atoms with Gasteiger partial charge >= 0.3 is 6.03 Å². The first-order valence-corrected chi connectivity index (χ1v) is 7.62. The molecule has 2 N–H and O–H groups in total. The van der Waals surface area contributed by atoms with Crippen LogP contribution in [-0.4, -0.2) is 27.6 Å². The number of nitrogens with one attached hydrogen (secondary N) is 2. The average molecular weight is 319 g/mol. The summed E-state index contributed by atoms with van der Waals surface area (Å²) in [5.74, 6) is -0.196. The van der Waals surface area contributed by atoms with Crippen LogP contribution in [0.2, 0.25) is 0 Å². The summed E-state index contributed by atoms with van der Waals surface area (Å²) in [5, 5.41) is 13.2. The van der Waals surface area contributed by atoms with Crippen molar-refractivity contribution < 1.29 is 9.18 Å². The Hall–Kier alpha value is -2.44. The topological polar surface area (TPSA) is 71.8 Å². The number of hydrogen-bond acceptors (Lipinski definition) is 3. The highest BCUT2D eigenvalue weighted by Gasteiger charge is 2.12. The number of benzene rings is 1. The van der Waals surface area contributed by atoms with Crippen molar-refractivity contribution in [2.24, 2.45) is 0 Å². The van der Waals surface area contributed by atoms with Crippen LogP contribution >= 0.6 is 0 Å². The van der Waals surface area contributed by atoms with Crippen LogP contribution in [0.5, 0.6) is 0 Å². The van der Waals surface area contributed by atoms with Crippen molar-refractivity contribution in [3.05, 3.63) is 47.0 Å². The van der Waals surface area contributed by atoms with Gasteiger partial charge in [0.25, 0.3) is 0 Å². The molecule has 7 heteroatoms. The number of carbonyl (C=O) groups excluding carboxylic acids is 1. The summed E-state index contributed by atoms with van der Waals surface area (Å²) in [6, 6.07) is 3.09. The van der Waals surface area contributed by atoms with Crippen LogP contribution in [0.25, 0.3) is 0 Å². The Morgan fingerprint density at radius 1 is 1.35 bits per heavy atom. The highest BCUT2D eigenvalue weighted by molar-refractivity contribution is 5.74. The minimum Gasteiger partial charge on any atom is -0.338 e. The van der Waals surface area contributed by atoms with Crippen molar-refractivity contribution in [3.8, 4) is 0 Å². The van der Waals surface area contributed by atoms with Crippen molar-refractivity contribution in [2.45, 2.75) is 39.8 Å². The van der Waals surface area contributed by atoms with Crippen molar-refractivity contribution in [3.63, 3.8) is 0 Å². The number of rotatable bonds is 6. The third kappa shape index (κ3) is 4.77. The molecule has 2 aromatic rings. The number of hydrogen-bond donors (Lipinski definition) is 2. The third-order valence-corrected chi connectivity index (χ3v) is 3.63. The first kappa shape index (κ1) is 16.9. The molecule has 124 valence electrons. The summed E-state index contributed by atoms with van der Waals surface area (Å²) >= 11 is 0. The van der Waals surface area contributed by atoms with Crippen molar-refractivity contribution in [2.75, 3.05) is 6.54 Å². The molecule has 1 atom stereocenters. The summed E-state index contributed by atoms with van der Waals surface area (Å²) in [7, 11) is 0. The molecule has 0 radical (unpaired) electrons. The number of nitrogens with zero attached hydrogens (tertiary/aromatic N) is 3. The standard InChI is InChI=1S/C16H22FN5O/c1-11-9-14(10-12(2)15(11)17)13(3)20-16(23)18-5-4-7-22-8-6-19-21-22/h6,8-10,13H,4-5,7H2,1-3H3,(H2,18,20,23)/t13-/m0/s1. The Kier molecular flexibility index (Phi) is 5.67. The van der Waals surface area contributed by atoms with E-state index in [0.29, 0.717) is 24.2 Å². The zero-order chi connectivity index (χ0) is 16.8. The van der Waals surface area contributed by atoms with Crippen molar-refractivity contribution in [1.29, 1.82) is 0 Å². The van der Waals surface area contributed by atoms with E-state index in [0.717, 1.165) is 12.0 Å². The van der Waals surface area contributed by atoms with Gasteiger partial charge in [0.2, 0.25) is 0 Å². The molecule has 0 aliphatic heterocycles. The van der Waals surface area contributed by atoms with Crippen LogP contribution in [-0.2, 0) is 6.54 Å². The Bertz CT molecular complexity index is 633. The van der Waals surface area contributed by atoms with Gasteiger partial charge < -0.3 is 10.6 Å². The number of halogens is 1. The van der Waals surface area contributed by atoms with E-state index in [9.17, 15) is 9.18 Å². The molecule has 2 amide bonds. The molecule has 0 aliphatic carbocycles. The van der Waals surface area contributed by atoms with Gasteiger partial charge in [-0.2, -0.15) is 0 Å². The summed E-state index contributed by atoms with van der Waals surface area (Å²) in [6.45, 7) is 6.57. The Balaban J connectivity index is 1.78. The minimum absolute atomic E-state index is 0.191. The zero-order valence-electron chi connectivity index (χ0n) is 13.6. The minimum atomic E-state index is -0.240. The van der Waals surface area contributed by atoms with E-state index in [1.165, 1.54) is 0 Å². The number of aromatic nitrogens is 3. The van der Waals surface area contributed by atoms with Crippen LogP contribution in [0.1, 0.15) is 36.1 Å². The van der Waals surface area contributed by atoms with Gasteiger partial charge in [0.15, 0.2) is 0 Å². The van der Waals surface area contributed by atoms with Gasteiger partial charge in [0, 0.05) is 19.3 Å². The number of aryl methyl sites for hydroxylation is 3. The Morgan fingerprint density at radius 2 is 2.04 bits per heavy atom. The summed E-state index contributed by atoms with van der Waals surface area (Å²) in [4.78, 5) is 11.9. The van der Waals surface area contributed by atoms with E-state index < -0.39 is 0 Å². The first-order chi connectivity index (χ1) is 11.0. The fourth-order valence-electron chi connectivity index (χ4n) is 2.36. The Morgan fingerprint density at radius 3 is 2.65 bits per heavy atom. The van der Waals surface area contributed by atoms with Crippen LogP contribution in [0.4, 0.5) is 9.18 Å². The van der Waals surface area contributed by atoms with Crippen LogP contribution in [0.15, 0.2) is 24.5 Å². The highest BCUT2D eigenvalue weighted by atomic mass is 19.1. The molecule has 0 spiro atoms. The second kappa shape index (κ2) is 7.71. The zero-order valence-corrected chi connectivity index (χ0v) is 13.6. The van der Waals surface area contributed by atoms with E-state index in [4.69, 9.17) is 0 Å². The van der Waals surface area contributed by atoms with E-state index in [-0.39, 0.29) is 17.9 Å². The molecule has 23 heavy (non-hydrogen) atoms. The molecule has 0 saturated carbocycles. The van der Waals surface area contributed by atoms with E-state index in [1.807, 2.05) is 6.92 Å². The van der Waals surface area contributed by atoms with Gasteiger partial charge in [-0.3, -0.25) is 4.68 Å². The second-order valence-electron chi connectivity index (χ2n) is 5.61. The monoisotopic (exact) mass is 319 g/mol. The maximum absolute atomic E-state index is 13.6. The number of urea groups is 1. The smallest absolute Gasteiger partial charge is 0.315 e. The van der Waals surface area contributed by atoms with Crippen LogP contribution in [0, 0.1) is 19.7 Å². The molecule has 0 fully saturated rings. The van der Waals surface area contributed by atoms with Crippen molar-refractivity contribution >= 4 is 6.03 Å². The molecular formula is C16H22FN5O. The SMILES string of the molecule is Cc1cc([C@H](C)NC(=O)NCCCn2ccnn2)cc(C)c1F. The number of carbonyl (C=O) groups is 1. The first-order valence-electron chi connectivity index (χ1n) is 7.62. The van der Waals surface area contributed by atoms with Gasteiger partial charge in [-0.25, -0.2) is 9.18 Å². The predicted molar refractivity (Wildman–Crippen MR) is 85.5 cm³/mol. The fraction of sp³-hybridized carbons (Fsp3) is 0.438. The van der Waals surface area contributed by atoms with Gasteiger partial charge in [-0.1, -0.05) is 17.3 Å². The van der Waals surface area contributed by atoms with E-state index in [2.05, 4.69) is 20.9 Å². The molecule has 0 saturated heterocycles. The normalized spacial score (nSPS) is 12.0. The lowest BCUT2D eigenvalue weighted by Crippen LogP contribution is -2.37. The van der Waals surface area contributed by atoms with Crippen LogP contribution in [0.3, 0.4) is 0 Å². The molecule has 1 aromatic carbocycles. The van der Waals surface area contributed by atoms with Crippen LogP contribution < -0.4 is 10.6 Å². The highest BCUT2D eigenvalue weighted by Crippen LogP contribution is 2.19. The quantitative estimate of drug-likeness (QED) is 0.804. The van der Waals surface area contributed by atoms with Gasteiger partial charge in [-0.15, -0.1) is 5.10 Å². The second-order valence-corrected chi connectivity index (χ2v) is 5.61. The molecule has 0 bridgehead atoms. The molecular weight excluding hydrogens is 297 g/mol. The fourth-order valence-corrected chi connectivity index (χ4v) is 2.36. The largest absolute Gasteiger partial charge is 0.338 e. The maximum atomic E-state index is 13.6. The molecule has 0 aliphatic rings. The van der Waals surface area contributed by atoms with Gasteiger partial charge in [0.05, 0.1) is 12.2 Å². The lowest BCUT2D eigenvalue weighted by molar-refractivity contribution is 0.237. The average Bonchev–Trinajstić information content (AvgIpc) is 3.02. The molecule has 0 unspecified atom stereocenters. The summed E-state index contributed by atoms with van der Waals surface area (Å²) in [5.41, 5.74) is 2.06. The lowest BCUT2D eigenvalue weighted by Gasteiger charge is -2.17. The molecule has 1 aromatic heterocycles. The van der Waals surface area contributed by atoms with Crippen molar-refractivity contribution in [1.82, 2.24) is 25.6 Å². The third-order valence-electron chi connectivity index (χ3n) is 3.63. The summed E-state index contributed by atoms with van der Waals surface area (Å²) in [6.07, 6.45) is 4.16.